The Morgan fingerprint density at radius 3 is 2.75 bits per heavy atom. The Bertz CT molecular complexity index is 494. The lowest BCUT2D eigenvalue weighted by Crippen LogP contribution is -2.45. The molecular weight excluding hydrogens is 265 g/mol. The molecule has 0 bridgehead atoms. The van der Waals surface area contributed by atoms with Gasteiger partial charge in [0.25, 0.3) is 5.91 Å². The maximum Gasteiger partial charge on any atom is 0.321 e. The smallest absolute Gasteiger partial charge is 0.321 e. The van der Waals surface area contributed by atoms with E-state index in [1.54, 1.807) is 6.92 Å². The summed E-state index contributed by atoms with van der Waals surface area (Å²) in [6.45, 7) is 3.53. The predicted octanol–water partition coefficient (Wildman–Crippen LogP) is 0.897. The van der Waals surface area contributed by atoms with Crippen LogP contribution in [0.15, 0.2) is 18.2 Å². The fraction of sp³-hybridized carbons (Fsp3) is 0.385. The molecular formula is C13H18FN3O3. The zero-order valence-electron chi connectivity index (χ0n) is 11.4. The third-order valence-electron chi connectivity index (χ3n) is 2.53. The van der Waals surface area contributed by atoms with Crippen molar-refractivity contribution in [2.24, 2.45) is 5.73 Å². The minimum Gasteiger partial charge on any atom is -0.480 e. The largest absolute Gasteiger partial charge is 0.480 e. The fourth-order valence-electron chi connectivity index (χ4n) is 1.51. The third-order valence-corrected chi connectivity index (χ3v) is 2.53. The van der Waals surface area contributed by atoms with Gasteiger partial charge in [-0.1, -0.05) is 6.07 Å². The summed E-state index contributed by atoms with van der Waals surface area (Å²) in [6.07, 6.45) is -0.954. The quantitative estimate of drug-likeness (QED) is 0.748. The van der Waals surface area contributed by atoms with Gasteiger partial charge < -0.3 is 15.8 Å². The lowest BCUT2D eigenvalue weighted by molar-refractivity contribution is -0.126. The molecule has 0 saturated heterocycles. The Morgan fingerprint density at radius 1 is 1.45 bits per heavy atom. The highest BCUT2D eigenvalue weighted by molar-refractivity contribution is 5.96. The molecule has 0 heterocycles. The molecule has 1 atom stereocenters. The number of nitrogens with two attached hydrogens (primary N) is 1. The molecule has 0 spiro atoms. The maximum absolute atomic E-state index is 13.5. The van der Waals surface area contributed by atoms with Crippen LogP contribution < -0.4 is 21.1 Å². The van der Waals surface area contributed by atoms with Crippen molar-refractivity contribution in [1.29, 1.82) is 0 Å². The SMILES string of the molecule is CCNC(=O)NC(=O)C(C)Oc1cccc(F)c1CN. The van der Waals surface area contributed by atoms with E-state index in [0.29, 0.717) is 6.54 Å². The molecule has 110 valence electrons. The van der Waals surface area contributed by atoms with E-state index < -0.39 is 23.9 Å². The van der Waals surface area contributed by atoms with Crippen LogP contribution in [0, 0.1) is 5.82 Å². The molecule has 20 heavy (non-hydrogen) atoms. The van der Waals surface area contributed by atoms with Gasteiger partial charge in [0.15, 0.2) is 6.10 Å². The first-order valence-electron chi connectivity index (χ1n) is 6.22. The summed E-state index contributed by atoms with van der Waals surface area (Å²) < 4.78 is 18.8. The summed E-state index contributed by atoms with van der Waals surface area (Å²) in [7, 11) is 0. The molecule has 7 heteroatoms. The molecule has 0 aliphatic carbocycles. The maximum atomic E-state index is 13.5. The van der Waals surface area contributed by atoms with Crippen molar-refractivity contribution in [3.8, 4) is 5.75 Å². The zero-order valence-corrected chi connectivity index (χ0v) is 11.4. The number of imide groups is 1. The minimum absolute atomic E-state index is 0.0489. The van der Waals surface area contributed by atoms with Gasteiger partial charge in [0.1, 0.15) is 11.6 Å². The van der Waals surface area contributed by atoms with Crippen molar-refractivity contribution >= 4 is 11.9 Å². The minimum atomic E-state index is -0.954. The van der Waals surface area contributed by atoms with E-state index in [0.717, 1.165) is 0 Å². The van der Waals surface area contributed by atoms with Gasteiger partial charge in [0.05, 0.1) is 0 Å². The Labute approximate surface area is 116 Å². The lowest BCUT2D eigenvalue weighted by atomic mass is 10.2. The molecule has 0 saturated carbocycles. The molecule has 6 nitrogen and oxygen atoms in total. The number of nitrogens with one attached hydrogen (secondary N) is 2. The molecule has 0 aromatic heterocycles. The van der Waals surface area contributed by atoms with Gasteiger partial charge in [-0.2, -0.15) is 0 Å². The van der Waals surface area contributed by atoms with Crippen molar-refractivity contribution < 1.29 is 18.7 Å². The summed E-state index contributed by atoms with van der Waals surface area (Å²) in [5.41, 5.74) is 5.62. The average Bonchev–Trinajstić information content (AvgIpc) is 2.39. The summed E-state index contributed by atoms with van der Waals surface area (Å²) in [6, 6.07) is 3.62. The van der Waals surface area contributed by atoms with Crippen LogP contribution >= 0.6 is 0 Å². The van der Waals surface area contributed by atoms with Crippen LogP contribution in [-0.4, -0.2) is 24.6 Å². The Morgan fingerprint density at radius 2 is 2.15 bits per heavy atom. The van der Waals surface area contributed by atoms with Crippen molar-refractivity contribution in [3.05, 3.63) is 29.6 Å². The number of rotatable bonds is 5. The highest BCUT2D eigenvalue weighted by atomic mass is 19.1. The fourth-order valence-corrected chi connectivity index (χ4v) is 1.51. The first kappa shape index (κ1) is 15.9. The summed E-state index contributed by atoms with van der Waals surface area (Å²) in [5, 5.41) is 4.53. The molecule has 0 radical (unpaired) electrons. The van der Waals surface area contributed by atoms with E-state index in [4.69, 9.17) is 10.5 Å². The van der Waals surface area contributed by atoms with Crippen molar-refractivity contribution in [1.82, 2.24) is 10.6 Å². The van der Waals surface area contributed by atoms with Crippen LogP contribution in [0.5, 0.6) is 5.75 Å². The Hall–Kier alpha value is -2.15. The zero-order chi connectivity index (χ0) is 15.1. The van der Waals surface area contributed by atoms with Crippen LogP contribution in [0.25, 0.3) is 0 Å². The molecule has 1 aromatic carbocycles. The summed E-state index contributed by atoms with van der Waals surface area (Å²) in [5.74, 6) is -0.935. The summed E-state index contributed by atoms with van der Waals surface area (Å²) >= 11 is 0. The monoisotopic (exact) mass is 283 g/mol. The molecule has 1 unspecified atom stereocenters. The van der Waals surface area contributed by atoms with Crippen LogP contribution in [-0.2, 0) is 11.3 Å². The number of carbonyl (C=O) groups is 2. The highest BCUT2D eigenvalue weighted by Gasteiger charge is 2.19. The lowest BCUT2D eigenvalue weighted by Gasteiger charge is -2.16. The second-order valence-corrected chi connectivity index (χ2v) is 4.03. The number of hydrogen-bond acceptors (Lipinski definition) is 4. The van der Waals surface area contributed by atoms with Gasteiger partial charge in [0, 0.05) is 18.7 Å². The molecule has 0 aliphatic heterocycles. The number of benzene rings is 1. The van der Waals surface area contributed by atoms with Gasteiger partial charge in [-0.3, -0.25) is 10.1 Å². The van der Waals surface area contributed by atoms with E-state index in [9.17, 15) is 14.0 Å². The van der Waals surface area contributed by atoms with Gasteiger partial charge in [-0.05, 0) is 26.0 Å². The number of hydrogen-bond donors (Lipinski definition) is 3. The van der Waals surface area contributed by atoms with Gasteiger partial charge in [0.2, 0.25) is 0 Å². The number of ether oxygens (including phenoxy) is 1. The van der Waals surface area contributed by atoms with Gasteiger partial charge in [-0.15, -0.1) is 0 Å². The normalized spacial score (nSPS) is 11.6. The predicted molar refractivity (Wildman–Crippen MR) is 71.6 cm³/mol. The molecule has 0 fully saturated rings. The van der Waals surface area contributed by atoms with Crippen LogP contribution in [0.2, 0.25) is 0 Å². The highest BCUT2D eigenvalue weighted by Crippen LogP contribution is 2.22. The van der Waals surface area contributed by atoms with E-state index in [2.05, 4.69) is 10.6 Å². The van der Waals surface area contributed by atoms with Crippen molar-refractivity contribution in [2.45, 2.75) is 26.5 Å². The Balaban J connectivity index is 2.71. The van der Waals surface area contributed by atoms with Crippen LogP contribution in [0.3, 0.4) is 0 Å². The van der Waals surface area contributed by atoms with Crippen LogP contribution in [0.4, 0.5) is 9.18 Å². The van der Waals surface area contributed by atoms with E-state index in [-0.39, 0.29) is 17.9 Å². The molecule has 1 rings (SSSR count). The molecule has 1 aromatic rings. The van der Waals surface area contributed by atoms with Crippen LogP contribution in [0.1, 0.15) is 19.4 Å². The second-order valence-electron chi connectivity index (χ2n) is 4.03. The second kappa shape index (κ2) is 7.44. The standard InChI is InChI=1S/C13H18FN3O3/c1-3-16-13(19)17-12(18)8(2)20-11-6-4-5-10(14)9(11)7-15/h4-6,8H,3,7,15H2,1-2H3,(H2,16,17,18,19). The van der Waals surface area contributed by atoms with Gasteiger partial charge in [-0.25, -0.2) is 9.18 Å². The number of halogens is 1. The van der Waals surface area contributed by atoms with Crippen molar-refractivity contribution in [2.75, 3.05) is 6.54 Å². The first-order valence-corrected chi connectivity index (χ1v) is 6.22. The van der Waals surface area contributed by atoms with E-state index in [1.165, 1.54) is 25.1 Å². The molecule has 0 aliphatic rings. The summed E-state index contributed by atoms with van der Waals surface area (Å²) in [4.78, 5) is 22.9. The first-order chi connectivity index (χ1) is 9.49. The topological polar surface area (TPSA) is 93.5 Å². The number of urea groups is 1. The van der Waals surface area contributed by atoms with E-state index >= 15 is 0 Å². The third kappa shape index (κ3) is 4.20. The molecule has 4 N–H and O–H groups in total. The average molecular weight is 283 g/mol. The number of carbonyl (C=O) groups excluding carboxylic acids is 2. The van der Waals surface area contributed by atoms with Crippen molar-refractivity contribution in [3.63, 3.8) is 0 Å². The molecule has 3 amide bonds. The number of amides is 3. The van der Waals surface area contributed by atoms with E-state index in [1.807, 2.05) is 0 Å². The van der Waals surface area contributed by atoms with Gasteiger partial charge >= 0.3 is 6.03 Å². The Kier molecular flexibility index (Phi) is 5.92.